The summed E-state index contributed by atoms with van der Waals surface area (Å²) in [6.07, 6.45) is 5.04. The largest absolute Gasteiger partial charge is 0.366 e. The van der Waals surface area contributed by atoms with Crippen LogP contribution in [0.5, 0.6) is 0 Å². The molecule has 4 rings (SSSR count). The van der Waals surface area contributed by atoms with Gasteiger partial charge in [-0.05, 0) is 31.4 Å². The maximum absolute atomic E-state index is 13.6. The highest BCUT2D eigenvalue weighted by molar-refractivity contribution is 6.04. The van der Waals surface area contributed by atoms with Crippen molar-refractivity contribution in [2.75, 3.05) is 5.32 Å². The van der Waals surface area contributed by atoms with Crippen molar-refractivity contribution in [3.63, 3.8) is 0 Å². The summed E-state index contributed by atoms with van der Waals surface area (Å²) in [7, 11) is 0. The van der Waals surface area contributed by atoms with E-state index in [9.17, 15) is 18.4 Å². The van der Waals surface area contributed by atoms with Crippen LogP contribution in [0.2, 0.25) is 0 Å². The second-order valence-corrected chi connectivity index (χ2v) is 6.01. The van der Waals surface area contributed by atoms with Gasteiger partial charge in [0, 0.05) is 35.8 Å². The van der Waals surface area contributed by atoms with Crippen LogP contribution < -0.4 is 10.7 Å². The summed E-state index contributed by atoms with van der Waals surface area (Å²) in [5, 5.41) is 6.85. The Morgan fingerprint density at radius 1 is 1.19 bits per heavy atom. The van der Waals surface area contributed by atoms with Crippen molar-refractivity contribution in [1.82, 2.24) is 14.8 Å². The highest BCUT2D eigenvalue weighted by atomic mass is 19.2. The molecule has 0 saturated carbocycles. The lowest BCUT2D eigenvalue weighted by Crippen LogP contribution is -2.19. The van der Waals surface area contributed by atoms with Gasteiger partial charge in [0.05, 0.1) is 5.69 Å². The molecule has 1 aliphatic carbocycles. The Hall–Kier alpha value is -3.29. The van der Waals surface area contributed by atoms with Crippen molar-refractivity contribution in [1.29, 1.82) is 0 Å². The summed E-state index contributed by atoms with van der Waals surface area (Å²) < 4.78 is 28.2. The summed E-state index contributed by atoms with van der Waals surface area (Å²) >= 11 is 0. The topological polar surface area (TPSA) is 79.8 Å². The summed E-state index contributed by atoms with van der Waals surface area (Å²) in [4.78, 5) is 27.1. The van der Waals surface area contributed by atoms with Crippen molar-refractivity contribution in [3.8, 4) is 5.69 Å². The van der Waals surface area contributed by atoms with Crippen molar-refractivity contribution < 1.29 is 13.6 Å². The molecular weight excluding hydrogens is 342 g/mol. The number of hydrogen-bond donors (Lipinski definition) is 2. The van der Waals surface area contributed by atoms with Crippen LogP contribution in [0.1, 0.15) is 28.2 Å². The fourth-order valence-electron chi connectivity index (χ4n) is 3.15. The molecule has 2 aromatic heterocycles. The zero-order valence-electron chi connectivity index (χ0n) is 13.6. The van der Waals surface area contributed by atoms with Gasteiger partial charge >= 0.3 is 0 Å². The molecule has 26 heavy (non-hydrogen) atoms. The Balaban J connectivity index is 1.74. The Labute approximate surface area is 146 Å². The molecule has 0 spiro atoms. The average Bonchev–Trinajstić information content (AvgIpc) is 3.22. The molecule has 0 bridgehead atoms. The number of nitrogens with one attached hydrogen (secondary N) is 2. The van der Waals surface area contributed by atoms with E-state index in [1.54, 1.807) is 0 Å². The van der Waals surface area contributed by atoms with Crippen molar-refractivity contribution >= 4 is 11.6 Å². The summed E-state index contributed by atoms with van der Waals surface area (Å²) in [6.45, 7) is 0. The molecule has 6 nitrogen and oxygen atoms in total. The van der Waals surface area contributed by atoms with Gasteiger partial charge in [-0.15, -0.1) is 0 Å². The van der Waals surface area contributed by atoms with Gasteiger partial charge in [0.1, 0.15) is 5.69 Å². The first-order valence-corrected chi connectivity index (χ1v) is 8.09. The normalized spacial score (nSPS) is 12.8. The van der Waals surface area contributed by atoms with Crippen LogP contribution in [-0.2, 0) is 12.8 Å². The lowest BCUT2D eigenvalue weighted by Gasteiger charge is -2.06. The van der Waals surface area contributed by atoms with Crippen LogP contribution in [0.25, 0.3) is 5.69 Å². The van der Waals surface area contributed by atoms with Crippen LogP contribution in [0, 0.1) is 11.6 Å². The van der Waals surface area contributed by atoms with Crippen molar-refractivity contribution in [2.45, 2.75) is 19.3 Å². The number of rotatable bonds is 3. The molecule has 0 unspecified atom stereocenters. The van der Waals surface area contributed by atoms with Gasteiger partial charge in [0.25, 0.3) is 5.91 Å². The monoisotopic (exact) mass is 356 g/mol. The number of aromatic amines is 1. The third-order valence-corrected chi connectivity index (χ3v) is 4.37. The number of H-pyrrole nitrogens is 1. The molecule has 0 fully saturated rings. The fraction of sp³-hybridized carbons (Fsp3) is 0.167. The maximum atomic E-state index is 13.6. The molecule has 1 aromatic carbocycles. The number of anilines is 1. The quantitative estimate of drug-likeness (QED) is 0.757. The SMILES string of the molecule is O=C(Nc1c[nH]ccc1=O)c1nn(-c2ccc(F)c(F)c2)c2c1CCC2. The number of aromatic nitrogens is 3. The average molecular weight is 356 g/mol. The van der Waals surface area contributed by atoms with Gasteiger partial charge in [-0.2, -0.15) is 5.10 Å². The first-order chi connectivity index (χ1) is 12.5. The van der Waals surface area contributed by atoms with Crippen LogP contribution in [0.15, 0.2) is 41.5 Å². The summed E-state index contributed by atoms with van der Waals surface area (Å²) in [5.74, 6) is -2.44. The maximum Gasteiger partial charge on any atom is 0.276 e. The van der Waals surface area contributed by atoms with E-state index < -0.39 is 17.5 Å². The molecule has 2 N–H and O–H groups in total. The van der Waals surface area contributed by atoms with E-state index in [1.807, 2.05) is 0 Å². The zero-order valence-corrected chi connectivity index (χ0v) is 13.6. The molecular formula is C18H14F2N4O2. The van der Waals surface area contributed by atoms with E-state index in [0.29, 0.717) is 18.5 Å². The van der Waals surface area contributed by atoms with Gasteiger partial charge in [-0.25, -0.2) is 13.5 Å². The molecule has 0 aliphatic heterocycles. The van der Waals surface area contributed by atoms with E-state index in [4.69, 9.17) is 0 Å². The van der Waals surface area contributed by atoms with Crippen LogP contribution in [-0.4, -0.2) is 20.7 Å². The number of carbonyl (C=O) groups excluding carboxylic acids is 1. The Bertz CT molecular complexity index is 1070. The van der Waals surface area contributed by atoms with Crippen molar-refractivity contribution in [3.05, 3.63) is 75.5 Å². The number of carbonyl (C=O) groups is 1. The minimum absolute atomic E-state index is 0.117. The van der Waals surface area contributed by atoms with Crippen LogP contribution in [0.3, 0.4) is 0 Å². The molecule has 0 saturated heterocycles. The van der Waals surface area contributed by atoms with E-state index >= 15 is 0 Å². The summed E-state index contributed by atoms with van der Waals surface area (Å²) in [6, 6.07) is 4.79. The van der Waals surface area contributed by atoms with Gasteiger partial charge in [0.2, 0.25) is 5.43 Å². The predicted molar refractivity (Wildman–Crippen MR) is 90.5 cm³/mol. The fourth-order valence-corrected chi connectivity index (χ4v) is 3.15. The number of hydrogen-bond acceptors (Lipinski definition) is 3. The van der Waals surface area contributed by atoms with Gasteiger partial charge in [0.15, 0.2) is 17.3 Å². The smallest absolute Gasteiger partial charge is 0.276 e. The third kappa shape index (κ3) is 2.69. The van der Waals surface area contributed by atoms with E-state index in [-0.39, 0.29) is 16.8 Å². The van der Waals surface area contributed by atoms with Gasteiger partial charge < -0.3 is 10.3 Å². The highest BCUT2D eigenvalue weighted by Gasteiger charge is 2.27. The zero-order chi connectivity index (χ0) is 18.3. The lowest BCUT2D eigenvalue weighted by atomic mass is 10.2. The Morgan fingerprint density at radius 2 is 2.04 bits per heavy atom. The summed E-state index contributed by atoms with van der Waals surface area (Å²) in [5.41, 5.74) is 1.88. The second kappa shape index (κ2) is 6.21. The van der Waals surface area contributed by atoms with Crippen molar-refractivity contribution in [2.24, 2.45) is 0 Å². The number of halogens is 2. The third-order valence-electron chi connectivity index (χ3n) is 4.37. The minimum Gasteiger partial charge on any atom is -0.366 e. The molecule has 8 heteroatoms. The van der Waals surface area contributed by atoms with E-state index in [0.717, 1.165) is 29.8 Å². The standard InChI is InChI=1S/C18H14F2N4O2/c19-12-5-4-10(8-13(12)20)24-15-3-1-2-11(15)17(23-24)18(26)22-14-9-21-7-6-16(14)25/h4-9H,1-3H2,(H,21,25)(H,22,26). The molecule has 1 aliphatic rings. The molecule has 132 valence electrons. The molecule has 0 radical (unpaired) electrons. The van der Waals surface area contributed by atoms with E-state index in [2.05, 4.69) is 15.4 Å². The second-order valence-electron chi connectivity index (χ2n) is 6.01. The van der Waals surface area contributed by atoms with Gasteiger partial charge in [-0.3, -0.25) is 9.59 Å². The predicted octanol–water partition coefficient (Wildman–Crippen LogP) is 2.58. The first-order valence-electron chi connectivity index (χ1n) is 8.09. The first kappa shape index (κ1) is 16.2. The van der Waals surface area contributed by atoms with Gasteiger partial charge in [-0.1, -0.05) is 0 Å². The number of fused-ring (bicyclic) bond motifs is 1. The van der Waals surface area contributed by atoms with Crippen LogP contribution >= 0.6 is 0 Å². The number of pyridine rings is 1. The Kier molecular flexibility index (Phi) is 3.87. The number of nitrogens with zero attached hydrogens (tertiary/aromatic N) is 2. The minimum atomic E-state index is -0.980. The lowest BCUT2D eigenvalue weighted by molar-refractivity contribution is 0.102. The molecule has 3 aromatic rings. The van der Waals surface area contributed by atoms with E-state index in [1.165, 1.54) is 29.2 Å². The number of benzene rings is 1. The number of amides is 1. The molecule has 2 heterocycles. The molecule has 1 amide bonds. The highest BCUT2D eigenvalue weighted by Crippen LogP contribution is 2.28. The Morgan fingerprint density at radius 3 is 2.81 bits per heavy atom. The van der Waals surface area contributed by atoms with Crippen LogP contribution in [0.4, 0.5) is 14.5 Å². The molecule has 0 atom stereocenters.